The second-order valence-corrected chi connectivity index (χ2v) is 8.01. The van der Waals surface area contributed by atoms with Crippen molar-refractivity contribution in [3.8, 4) is 5.75 Å². The molecule has 3 rings (SSSR count). The van der Waals surface area contributed by atoms with Crippen molar-refractivity contribution in [2.75, 3.05) is 11.9 Å². The summed E-state index contributed by atoms with van der Waals surface area (Å²) in [5.74, 6) is 0.999. The summed E-state index contributed by atoms with van der Waals surface area (Å²) in [6.45, 7) is 7.06. The Morgan fingerprint density at radius 2 is 1.58 bits per heavy atom. The second kappa shape index (κ2) is 11.4. The average Bonchev–Trinajstić information content (AvgIpc) is 2.80. The molecule has 0 aliphatic rings. The minimum atomic E-state index is -0.119. The van der Waals surface area contributed by atoms with Gasteiger partial charge in [-0.2, -0.15) is 0 Å². The van der Waals surface area contributed by atoms with Crippen LogP contribution in [-0.2, 0) is 6.42 Å². The first-order valence-electron chi connectivity index (χ1n) is 11.3. The van der Waals surface area contributed by atoms with Gasteiger partial charge in [0.1, 0.15) is 5.75 Å². The van der Waals surface area contributed by atoms with E-state index in [0.29, 0.717) is 6.42 Å². The molecule has 1 N–H and O–H groups in total. The molecule has 0 saturated carbocycles. The van der Waals surface area contributed by atoms with Crippen molar-refractivity contribution in [1.82, 2.24) is 0 Å². The summed E-state index contributed by atoms with van der Waals surface area (Å²) in [7, 11) is 0. The average molecular weight is 416 g/mol. The number of rotatable bonds is 11. The summed E-state index contributed by atoms with van der Waals surface area (Å²) in [5, 5.41) is 3.57. The summed E-state index contributed by atoms with van der Waals surface area (Å²) in [6.07, 6.45) is 3.55. The lowest BCUT2D eigenvalue weighted by molar-refractivity contribution is 0.0976. The minimum Gasteiger partial charge on any atom is -0.494 e. The second-order valence-electron chi connectivity index (χ2n) is 8.01. The number of nitrogens with one attached hydrogen (secondary N) is 1. The Hall–Kier alpha value is -3.07. The van der Waals surface area contributed by atoms with Gasteiger partial charge in [-0.1, -0.05) is 74.4 Å². The standard InChI is InChI=1S/C28H33NO2/c1-4-6-19-31-26-17-13-23(14-18-26)27(29-25-15-9-22(5-2)10-16-25)20-28(30)24-11-7-21(3)8-12-24/h7-18,27,29H,4-6,19-20H2,1-3H3/t27-/m0/s1. The maximum atomic E-state index is 13.0. The number of carbonyl (C=O) groups excluding carboxylic acids is 1. The molecule has 0 amide bonds. The quantitative estimate of drug-likeness (QED) is 0.267. The highest BCUT2D eigenvalue weighted by molar-refractivity contribution is 5.96. The summed E-state index contributed by atoms with van der Waals surface area (Å²) in [4.78, 5) is 13.0. The van der Waals surface area contributed by atoms with Crippen LogP contribution < -0.4 is 10.1 Å². The number of ether oxygens (including phenoxy) is 1. The van der Waals surface area contributed by atoms with Gasteiger partial charge in [0.05, 0.1) is 12.6 Å². The molecule has 0 aliphatic carbocycles. The topological polar surface area (TPSA) is 38.3 Å². The molecule has 3 heteroatoms. The zero-order chi connectivity index (χ0) is 22.1. The monoisotopic (exact) mass is 415 g/mol. The number of carbonyl (C=O) groups is 1. The molecule has 0 radical (unpaired) electrons. The fourth-order valence-electron chi connectivity index (χ4n) is 3.46. The number of aryl methyl sites for hydroxylation is 2. The lowest BCUT2D eigenvalue weighted by Gasteiger charge is -2.21. The van der Waals surface area contributed by atoms with Crippen LogP contribution in [0.2, 0.25) is 0 Å². The number of hydrogen-bond donors (Lipinski definition) is 1. The molecule has 3 aromatic rings. The van der Waals surface area contributed by atoms with Crippen molar-refractivity contribution in [3.05, 3.63) is 95.1 Å². The van der Waals surface area contributed by atoms with E-state index in [1.54, 1.807) is 0 Å². The highest BCUT2D eigenvalue weighted by Crippen LogP contribution is 2.27. The molecule has 162 valence electrons. The van der Waals surface area contributed by atoms with Crippen molar-refractivity contribution >= 4 is 11.5 Å². The third-order valence-electron chi connectivity index (χ3n) is 5.52. The number of hydrogen-bond acceptors (Lipinski definition) is 3. The van der Waals surface area contributed by atoms with Crippen LogP contribution in [-0.4, -0.2) is 12.4 Å². The van der Waals surface area contributed by atoms with Crippen LogP contribution >= 0.6 is 0 Å². The molecule has 0 fully saturated rings. The van der Waals surface area contributed by atoms with Crippen LogP contribution in [0.1, 0.15) is 66.2 Å². The summed E-state index contributed by atoms with van der Waals surface area (Å²) >= 11 is 0. The Morgan fingerprint density at radius 3 is 2.19 bits per heavy atom. The maximum absolute atomic E-state index is 13.0. The van der Waals surface area contributed by atoms with Crippen LogP contribution in [0.25, 0.3) is 0 Å². The number of benzene rings is 3. The first-order chi connectivity index (χ1) is 15.1. The molecule has 0 bridgehead atoms. The lowest BCUT2D eigenvalue weighted by Crippen LogP contribution is -2.16. The van der Waals surface area contributed by atoms with Gasteiger partial charge in [0, 0.05) is 17.7 Å². The molecule has 3 nitrogen and oxygen atoms in total. The van der Waals surface area contributed by atoms with Gasteiger partial charge in [-0.25, -0.2) is 0 Å². The summed E-state index contributed by atoms with van der Waals surface area (Å²) < 4.78 is 5.80. The van der Waals surface area contributed by atoms with E-state index in [-0.39, 0.29) is 11.8 Å². The van der Waals surface area contributed by atoms with Crippen molar-refractivity contribution in [2.45, 2.75) is 52.5 Å². The highest BCUT2D eigenvalue weighted by Gasteiger charge is 2.18. The molecule has 1 atom stereocenters. The molecule has 0 aromatic heterocycles. The molecule has 3 aromatic carbocycles. The first kappa shape index (κ1) is 22.6. The number of anilines is 1. The number of Topliss-reactive ketones (excluding diaryl/α,β-unsaturated/α-hetero) is 1. The largest absolute Gasteiger partial charge is 0.494 e. The van der Waals surface area contributed by atoms with Gasteiger partial charge >= 0.3 is 0 Å². The van der Waals surface area contributed by atoms with E-state index in [4.69, 9.17) is 4.74 Å². The van der Waals surface area contributed by atoms with E-state index in [0.717, 1.165) is 54.0 Å². The van der Waals surface area contributed by atoms with Crippen LogP contribution in [0.15, 0.2) is 72.8 Å². The Kier molecular flexibility index (Phi) is 8.28. The summed E-state index contributed by atoms with van der Waals surface area (Å²) in [5.41, 5.74) is 5.29. The number of ketones is 1. The van der Waals surface area contributed by atoms with Gasteiger partial charge in [-0.05, 0) is 55.2 Å². The fourth-order valence-corrected chi connectivity index (χ4v) is 3.46. The predicted octanol–water partition coefficient (Wildman–Crippen LogP) is 7.16. The van der Waals surface area contributed by atoms with Crippen LogP contribution in [0, 0.1) is 6.92 Å². The Bertz CT molecular complexity index is 944. The third-order valence-corrected chi connectivity index (χ3v) is 5.52. The van der Waals surface area contributed by atoms with Crippen LogP contribution in [0.5, 0.6) is 5.75 Å². The van der Waals surface area contributed by atoms with Gasteiger partial charge < -0.3 is 10.1 Å². The van der Waals surface area contributed by atoms with E-state index in [2.05, 4.69) is 55.6 Å². The van der Waals surface area contributed by atoms with Gasteiger partial charge in [-0.15, -0.1) is 0 Å². The van der Waals surface area contributed by atoms with Crippen molar-refractivity contribution < 1.29 is 9.53 Å². The van der Waals surface area contributed by atoms with E-state index in [9.17, 15) is 4.79 Å². The van der Waals surface area contributed by atoms with Crippen molar-refractivity contribution in [2.24, 2.45) is 0 Å². The van der Waals surface area contributed by atoms with Gasteiger partial charge in [0.2, 0.25) is 0 Å². The van der Waals surface area contributed by atoms with Crippen molar-refractivity contribution in [1.29, 1.82) is 0 Å². The van der Waals surface area contributed by atoms with Crippen molar-refractivity contribution in [3.63, 3.8) is 0 Å². The smallest absolute Gasteiger partial charge is 0.165 e. The zero-order valence-electron chi connectivity index (χ0n) is 18.9. The third kappa shape index (κ3) is 6.71. The van der Waals surface area contributed by atoms with E-state index >= 15 is 0 Å². The molecular formula is C28H33NO2. The summed E-state index contributed by atoms with van der Waals surface area (Å²) in [6, 6.07) is 24.2. The van der Waals surface area contributed by atoms with E-state index in [1.165, 1.54) is 5.56 Å². The molecule has 0 aliphatic heterocycles. The molecule has 0 spiro atoms. The van der Waals surface area contributed by atoms with Gasteiger partial charge in [-0.3, -0.25) is 4.79 Å². The Labute approximate surface area is 186 Å². The van der Waals surface area contributed by atoms with Crippen LogP contribution in [0.4, 0.5) is 5.69 Å². The highest BCUT2D eigenvalue weighted by atomic mass is 16.5. The number of unbranched alkanes of at least 4 members (excludes halogenated alkanes) is 1. The van der Waals surface area contributed by atoms with Gasteiger partial charge in [0.15, 0.2) is 5.78 Å². The fraction of sp³-hybridized carbons (Fsp3) is 0.321. The predicted molar refractivity (Wildman–Crippen MR) is 129 cm³/mol. The Morgan fingerprint density at radius 1 is 0.903 bits per heavy atom. The Balaban J connectivity index is 1.78. The lowest BCUT2D eigenvalue weighted by atomic mass is 9.97. The zero-order valence-corrected chi connectivity index (χ0v) is 18.9. The molecule has 0 unspecified atom stereocenters. The minimum absolute atomic E-state index is 0.119. The SMILES string of the molecule is CCCCOc1ccc([C@H](CC(=O)c2ccc(C)cc2)Nc2ccc(CC)cc2)cc1. The van der Waals surface area contributed by atoms with E-state index < -0.39 is 0 Å². The maximum Gasteiger partial charge on any atom is 0.165 e. The molecule has 31 heavy (non-hydrogen) atoms. The van der Waals surface area contributed by atoms with Crippen LogP contribution in [0.3, 0.4) is 0 Å². The van der Waals surface area contributed by atoms with Gasteiger partial charge in [0.25, 0.3) is 0 Å². The molecular weight excluding hydrogens is 382 g/mol. The first-order valence-corrected chi connectivity index (χ1v) is 11.3. The van der Waals surface area contributed by atoms with E-state index in [1.807, 2.05) is 43.3 Å². The molecule has 0 heterocycles. The molecule has 0 saturated heterocycles. The normalized spacial score (nSPS) is 11.7.